The third kappa shape index (κ3) is 3.02. The van der Waals surface area contributed by atoms with E-state index < -0.39 is 17.1 Å². The summed E-state index contributed by atoms with van der Waals surface area (Å²) in [7, 11) is 0. The highest BCUT2D eigenvalue weighted by Crippen LogP contribution is 2.32. The lowest BCUT2D eigenvalue weighted by atomic mass is 10.2. The second-order valence-corrected chi connectivity index (χ2v) is 4.91. The van der Waals surface area contributed by atoms with Crippen LogP contribution in [0.5, 0.6) is 11.5 Å². The van der Waals surface area contributed by atoms with E-state index >= 15 is 0 Å². The molecule has 0 fully saturated rings. The number of hydrogen-bond donors (Lipinski definition) is 2. The highest BCUT2D eigenvalue weighted by molar-refractivity contribution is 7.91. The average Bonchev–Trinajstić information content (AvgIpc) is 2.75. The fraction of sp³-hybridized carbons (Fsp3) is 0.300. The van der Waals surface area contributed by atoms with Crippen molar-refractivity contribution in [3.8, 4) is 11.5 Å². The summed E-state index contributed by atoms with van der Waals surface area (Å²) in [5.74, 6) is 0.609. The first kappa shape index (κ1) is 12.0. The maximum absolute atomic E-state index is 11.5. The minimum Gasteiger partial charge on any atom is -0.616 e. The number of hydrogen-bond acceptors (Lipinski definition) is 5. The molecule has 0 bridgehead atoms. The van der Waals surface area contributed by atoms with E-state index in [9.17, 15) is 9.35 Å². The molecule has 1 amide bonds. The molecule has 1 aliphatic heterocycles. The molecule has 0 saturated carbocycles. The zero-order chi connectivity index (χ0) is 12.3. The average molecular weight is 257 g/mol. The Bertz CT molecular complexity index is 425. The smallest absolute Gasteiger partial charge is 0.293 e. The molecule has 6 nitrogen and oxygen atoms in total. The molecule has 0 aliphatic carbocycles. The highest BCUT2D eigenvalue weighted by Gasteiger charge is 2.17. The third-order valence-corrected chi connectivity index (χ3v) is 3.42. The fourth-order valence-corrected chi connectivity index (χ4v) is 2.46. The first-order valence-electron chi connectivity index (χ1n) is 4.85. The van der Waals surface area contributed by atoms with E-state index in [-0.39, 0.29) is 18.3 Å². The molecule has 2 N–H and O–H groups in total. The summed E-state index contributed by atoms with van der Waals surface area (Å²) in [4.78, 5) is 10.8. The number of carbonyl (C=O) groups is 1. The van der Waals surface area contributed by atoms with Gasteiger partial charge in [-0.1, -0.05) is 6.07 Å². The van der Waals surface area contributed by atoms with Gasteiger partial charge < -0.3 is 14.0 Å². The molecule has 1 heterocycles. The number of fused-ring (bicyclic) bond motifs is 1. The lowest BCUT2D eigenvalue weighted by Crippen LogP contribution is -2.28. The van der Waals surface area contributed by atoms with Crippen molar-refractivity contribution < 1.29 is 24.0 Å². The predicted molar refractivity (Wildman–Crippen MR) is 59.2 cm³/mol. The normalized spacial score (nSPS) is 14.5. The van der Waals surface area contributed by atoms with Gasteiger partial charge in [-0.15, -0.1) is 0 Å². The number of nitrogens with one attached hydrogen (secondary N) is 1. The van der Waals surface area contributed by atoms with E-state index in [1.54, 1.807) is 18.2 Å². The van der Waals surface area contributed by atoms with Crippen LogP contribution in [0.1, 0.15) is 5.56 Å². The monoisotopic (exact) mass is 257 g/mol. The molecule has 1 aliphatic rings. The zero-order valence-electron chi connectivity index (χ0n) is 8.84. The van der Waals surface area contributed by atoms with Gasteiger partial charge in [0, 0.05) is 5.56 Å². The Kier molecular flexibility index (Phi) is 3.72. The molecule has 0 saturated heterocycles. The number of hydroxylamine groups is 1. The molecule has 7 heteroatoms. The van der Waals surface area contributed by atoms with Gasteiger partial charge in [-0.05, 0) is 23.3 Å². The van der Waals surface area contributed by atoms with Gasteiger partial charge in [0.05, 0.1) is 0 Å². The lowest BCUT2D eigenvalue weighted by Gasteiger charge is -2.09. The van der Waals surface area contributed by atoms with Crippen molar-refractivity contribution in [2.45, 2.75) is 5.75 Å². The number of ether oxygens (including phenoxy) is 2. The molecule has 0 radical (unpaired) electrons. The van der Waals surface area contributed by atoms with Crippen molar-refractivity contribution >= 4 is 17.1 Å². The van der Waals surface area contributed by atoms with Gasteiger partial charge >= 0.3 is 0 Å². The van der Waals surface area contributed by atoms with Crippen molar-refractivity contribution in [3.05, 3.63) is 23.8 Å². The van der Waals surface area contributed by atoms with Crippen LogP contribution in [-0.2, 0) is 21.7 Å². The molecular weight excluding hydrogens is 246 g/mol. The molecule has 2 rings (SSSR count). The molecule has 1 unspecified atom stereocenters. The van der Waals surface area contributed by atoms with E-state index in [0.717, 1.165) is 5.56 Å². The minimum atomic E-state index is -1.37. The Morgan fingerprint density at radius 3 is 3.00 bits per heavy atom. The van der Waals surface area contributed by atoms with E-state index in [0.29, 0.717) is 11.5 Å². The van der Waals surface area contributed by atoms with Gasteiger partial charge in [-0.25, -0.2) is 5.48 Å². The van der Waals surface area contributed by atoms with Crippen molar-refractivity contribution in [1.29, 1.82) is 0 Å². The minimum absolute atomic E-state index is 0.189. The standard InChI is InChI=1S/C10H11NO5S/c12-10(11-13)5-17(14)4-7-1-2-8-9(3-7)16-6-15-8/h1-3,13H,4-6H2,(H,11,12). The number of benzene rings is 1. The van der Waals surface area contributed by atoms with Gasteiger partial charge in [0.25, 0.3) is 5.91 Å². The summed E-state index contributed by atoms with van der Waals surface area (Å²) in [6, 6.07) is 5.24. The first-order chi connectivity index (χ1) is 8.19. The summed E-state index contributed by atoms with van der Waals surface area (Å²) in [5.41, 5.74) is 2.24. The largest absolute Gasteiger partial charge is 0.616 e. The van der Waals surface area contributed by atoms with Crippen LogP contribution >= 0.6 is 0 Å². The lowest BCUT2D eigenvalue weighted by molar-refractivity contribution is -0.126. The maximum Gasteiger partial charge on any atom is 0.293 e. The Balaban J connectivity index is 1.97. The third-order valence-electron chi connectivity index (χ3n) is 2.18. The molecule has 92 valence electrons. The molecular formula is C10H11NO5S. The highest BCUT2D eigenvalue weighted by atomic mass is 32.2. The summed E-state index contributed by atoms with van der Waals surface area (Å²) in [5, 5.41) is 8.31. The number of amides is 1. The van der Waals surface area contributed by atoms with E-state index in [1.165, 1.54) is 5.48 Å². The van der Waals surface area contributed by atoms with E-state index in [1.807, 2.05) is 0 Å². The molecule has 17 heavy (non-hydrogen) atoms. The quantitative estimate of drug-likeness (QED) is 0.456. The Hall–Kier alpha value is -1.44. The Morgan fingerprint density at radius 1 is 1.47 bits per heavy atom. The van der Waals surface area contributed by atoms with Gasteiger partial charge in [0.1, 0.15) is 5.75 Å². The Labute approximate surface area is 101 Å². The van der Waals surface area contributed by atoms with Crippen molar-refractivity contribution in [2.75, 3.05) is 12.5 Å². The molecule has 1 aromatic carbocycles. The topological polar surface area (TPSA) is 90.9 Å². The second-order valence-electron chi connectivity index (χ2n) is 3.45. The van der Waals surface area contributed by atoms with Gasteiger partial charge in [-0.2, -0.15) is 0 Å². The van der Waals surface area contributed by atoms with Crippen LogP contribution < -0.4 is 15.0 Å². The van der Waals surface area contributed by atoms with Crippen LogP contribution in [0.4, 0.5) is 0 Å². The van der Waals surface area contributed by atoms with Crippen LogP contribution in [0.25, 0.3) is 0 Å². The van der Waals surface area contributed by atoms with Crippen LogP contribution in [0, 0.1) is 0 Å². The fourth-order valence-electron chi connectivity index (χ4n) is 1.45. The number of carbonyl (C=O) groups excluding carboxylic acids is 1. The van der Waals surface area contributed by atoms with Crippen LogP contribution in [-0.4, -0.2) is 28.2 Å². The van der Waals surface area contributed by atoms with Crippen molar-refractivity contribution in [2.24, 2.45) is 0 Å². The van der Waals surface area contributed by atoms with Crippen LogP contribution in [0.2, 0.25) is 0 Å². The summed E-state index contributed by atoms with van der Waals surface area (Å²) in [6.07, 6.45) is 0. The second kappa shape index (κ2) is 5.26. The molecule has 0 spiro atoms. The van der Waals surface area contributed by atoms with Crippen molar-refractivity contribution in [3.63, 3.8) is 0 Å². The SMILES string of the molecule is O=C(C[S+]([O-])Cc1ccc2c(c1)OCO2)NO. The van der Waals surface area contributed by atoms with E-state index in [2.05, 4.69) is 0 Å². The first-order valence-corrected chi connectivity index (χ1v) is 6.34. The zero-order valence-corrected chi connectivity index (χ0v) is 9.66. The maximum atomic E-state index is 11.5. The summed E-state index contributed by atoms with van der Waals surface area (Å²) >= 11 is -1.37. The molecule has 0 aromatic heterocycles. The van der Waals surface area contributed by atoms with Crippen LogP contribution in [0.15, 0.2) is 18.2 Å². The van der Waals surface area contributed by atoms with Gasteiger partial charge in [0.15, 0.2) is 17.3 Å². The van der Waals surface area contributed by atoms with Gasteiger partial charge in [0.2, 0.25) is 6.79 Å². The Morgan fingerprint density at radius 2 is 2.24 bits per heavy atom. The number of rotatable bonds is 4. The van der Waals surface area contributed by atoms with Gasteiger partial charge in [-0.3, -0.25) is 10.0 Å². The summed E-state index contributed by atoms with van der Waals surface area (Å²) in [6.45, 7) is 0.189. The molecule has 1 aromatic rings. The predicted octanol–water partition coefficient (Wildman–Crippen LogP) is 0.169. The summed E-state index contributed by atoms with van der Waals surface area (Å²) < 4.78 is 21.9. The van der Waals surface area contributed by atoms with E-state index in [4.69, 9.17) is 14.7 Å². The van der Waals surface area contributed by atoms with Crippen LogP contribution in [0.3, 0.4) is 0 Å². The van der Waals surface area contributed by atoms with Crippen molar-refractivity contribution in [1.82, 2.24) is 5.48 Å². The molecule has 1 atom stereocenters.